The molecule has 112 valence electrons. The van der Waals surface area contributed by atoms with Gasteiger partial charge in [-0.2, -0.15) is 0 Å². The summed E-state index contributed by atoms with van der Waals surface area (Å²) in [6, 6.07) is 3.28. The predicted molar refractivity (Wildman–Crippen MR) is 78.6 cm³/mol. The van der Waals surface area contributed by atoms with Gasteiger partial charge in [-0.15, -0.1) is 0 Å². The van der Waals surface area contributed by atoms with Gasteiger partial charge in [0, 0.05) is 38.1 Å². The van der Waals surface area contributed by atoms with Gasteiger partial charge in [-0.25, -0.2) is 4.39 Å². The number of nitrogens with zero attached hydrogens (tertiary/aromatic N) is 1. The summed E-state index contributed by atoms with van der Waals surface area (Å²) in [5.74, 6) is 0.338. The van der Waals surface area contributed by atoms with Crippen molar-refractivity contribution in [2.45, 2.75) is 32.8 Å². The molecule has 0 aromatic heterocycles. The van der Waals surface area contributed by atoms with E-state index >= 15 is 0 Å². The third-order valence-corrected chi connectivity index (χ3v) is 4.04. The first-order chi connectivity index (χ1) is 9.49. The van der Waals surface area contributed by atoms with Crippen molar-refractivity contribution in [1.29, 1.82) is 0 Å². The van der Waals surface area contributed by atoms with Crippen LogP contribution in [-0.4, -0.2) is 31.9 Å². The molecule has 1 fully saturated rings. The molecule has 0 spiro atoms. The fraction of sp³-hybridized carbons (Fsp3) is 0.625. The molecule has 0 saturated carbocycles. The maximum absolute atomic E-state index is 13.7. The Kier molecular flexibility index (Phi) is 5.00. The molecule has 0 amide bonds. The van der Waals surface area contributed by atoms with E-state index < -0.39 is 6.10 Å². The van der Waals surface area contributed by atoms with Crippen LogP contribution >= 0.6 is 0 Å². The smallest absolute Gasteiger partial charge is 0.126 e. The molecular formula is C16H24FNO2. The molecule has 2 rings (SSSR count). The molecule has 1 aromatic rings. The lowest BCUT2D eigenvalue weighted by molar-refractivity contribution is 0.0685. The van der Waals surface area contributed by atoms with Crippen LogP contribution < -0.4 is 4.90 Å². The summed E-state index contributed by atoms with van der Waals surface area (Å²) in [4.78, 5) is 2.13. The fourth-order valence-corrected chi connectivity index (χ4v) is 2.76. The average molecular weight is 281 g/mol. The van der Waals surface area contributed by atoms with E-state index in [4.69, 9.17) is 4.74 Å². The van der Waals surface area contributed by atoms with Crippen LogP contribution in [0.15, 0.2) is 12.1 Å². The van der Waals surface area contributed by atoms with Crippen molar-refractivity contribution in [3.05, 3.63) is 29.1 Å². The number of aliphatic hydroxyl groups excluding tert-OH is 1. The van der Waals surface area contributed by atoms with Gasteiger partial charge in [0.2, 0.25) is 0 Å². The second-order valence-corrected chi connectivity index (χ2v) is 5.77. The van der Waals surface area contributed by atoms with E-state index in [-0.39, 0.29) is 5.82 Å². The third kappa shape index (κ3) is 3.49. The van der Waals surface area contributed by atoms with E-state index in [1.807, 2.05) is 13.1 Å². The highest BCUT2D eigenvalue weighted by molar-refractivity contribution is 5.56. The number of ether oxygens (including phenoxy) is 1. The van der Waals surface area contributed by atoms with Gasteiger partial charge in [0.25, 0.3) is 0 Å². The number of hydrogen-bond acceptors (Lipinski definition) is 3. The van der Waals surface area contributed by atoms with Gasteiger partial charge in [0.1, 0.15) is 5.82 Å². The maximum atomic E-state index is 13.7. The molecule has 1 N–H and O–H groups in total. The van der Waals surface area contributed by atoms with E-state index in [1.165, 1.54) is 6.07 Å². The Morgan fingerprint density at radius 1 is 1.40 bits per heavy atom. The number of halogens is 1. The molecule has 3 nitrogen and oxygen atoms in total. The second-order valence-electron chi connectivity index (χ2n) is 5.77. The van der Waals surface area contributed by atoms with Gasteiger partial charge < -0.3 is 14.7 Å². The van der Waals surface area contributed by atoms with Gasteiger partial charge in [-0.05, 0) is 50.3 Å². The molecule has 0 aliphatic carbocycles. The molecule has 1 saturated heterocycles. The van der Waals surface area contributed by atoms with Crippen molar-refractivity contribution in [3.8, 4) is 0 Å². The summed E-state index contributed by atoms with van der Waals surface area (Å²) in [5.41, 5.74) is 2.19. The summed E-state index contributed by atoms with van der Waals surface area (Å²) in [6.07, 6.45) is 1.46. The van der Waals surface area contributed by atoms with Gasteiger partial charge in [-0.1, -0.05) is 0 Å². The normalized spacial score (nSPS) is 18.1. The molecule has 1 aromatic carbocycles. The lowest BCUT2D eigenvalue weighted by atomic mass is 9.98. The Bertz CT molecular complexity index is 456. The number of aliphatic hydroxyl groups is 1. The monoisotopic (exact) mass is 281 g/mol. The Morgan fingerprint density at radius 2 is 2.05 bits per heavy atom. The predicted octanol–water partition coefficient (Wildman–Crippen LogP) is 3.05. The summed E-state index contributed by atoms with van der Waals surface area (Å²) < 4.78 is 19.1. The van der Waals surface area contributed by atoms with Crippen LogP contribution in [0.2, 0.25) is 0 Å². The minimum absolute atomic E-state index is 0.260. The standard InChI is InChI=1S/C16H24FNO2/c1-11-8-16(14(12(2)19)9-15(11)17)18(3)10-13-4-6-20-7-5-13/h8-9,12-13,19H,4-7,10H2,1-3H3. The van der Waals surface area contributed by atoms with Crippen LogP contribution in [0.3, 0.4) is 0 Å². The number of anilines is 1. The maximum Gasteiger partial charge on any atom is 0.126 e. The first kappa shape index (κ1) is 15.3. The van der Waals surface area contributed by atoms with Crippen LogP contribution in [0.1, 0.15) is 37.0 Å². The van der Waals surface area contributed by atoms with Crippen LogP contribution in [0.25, 0.3) is 0 Å². The molecule has 20 heavy (non-hydrogen) atoms. The van der Waals surface area contributed by atoms with E-state index in [0.29, 0.717) is 17.0 Å². The minimum atomic E-state index is -0.669. The summed E-state index contributed by atoms with van der Waals surface area (Å²) in [5, 5.41) is 9.86. The summed E-state index contributed by atoms with van der Waals surface area (Å²) in [6.45, 7) is 5.99. The highest BCUT2D eigenvalue weighted by atomic mass is 19.1. The van der Waals surface area contributed by atoms with E-state index in [9.17, 15) is 9.50 Å². The van der Waals surface area contributed by atoms with E-state index in [1.54, 1.807) is 13.8 Å². The van der Waals surface area contributed by atoms with Crippen molar-refractivity contribution >= 4 is 5.69 Å². The fourth-order valence-electron chi connectivity index (χ4n) is 2.76. The minimum Gasteiger partial charge on any atom is -0.389 e. The van der Waals surface area contributed by atoms with Crippen LogP contribution in [0.5, 0.6) is 0 Å². The van der Waals surface area contributed by atoms with Gasteiger partial charge in [0.15, 0.2) is 0 Å². The van der Waals surface area contributed by atoms with Crippen molar-refractivity contribution in [1.82, 2.24) is 0 Å². The SMILES string of the molecule is Cc1cc(N(C)CC2CCOCC2)c(C(C)O)cc1F. The van der Waals surface area contributed by atoms with Gasteiger partial charge in [-0.3, -0.25) is 0 Å². The Labute approximate surface area is 120 Å². The lowest BCUT2D eigenvalue weighted by Gasteiger charge is -2.30. The molecule has 0 radical (unpaired) electrons. The number of benzene rings is 1. The molecule has 1 heterocycles. The summed E-state index contributed by atoms with van der Waals surface area (Å²) >= 11 is 0. The first-order valence-electron chi connectivity index (χ1n) is 7.26. The Balaban J connectivity index is 2.19. The third-order valence-electron chi connectivity index (χ3n) is 4.04. The molecule has 1 aliphatic rings. The number of rotatable bonds is 4. The van der Waals surface area contributed by atoms with Gasteiger partial charge in [0.05, 0.1) is 6.10 Å². The van der Waals surface area contributed by atoms with Crippen molar-refractivity contribution in [2.24, 2.45) is 5.92 Å². The number of hydrogen-bond donors (Lipinski definition) is 1. The highest BCUT2D eigenvalue weighted by Gasteiger charge is 2.19. The molecule has 1 atom stereocenters. The molecule has 1 unspecified atom stereocenters. The molecular weight excluding hydrogens is 257 g/mol. The quantitative estimate of drug-likeness (QED) is 0.920. The Hall–Kier alpha value is -1.13. The van der Waals surface area contributed by atoms with Crippen LogP contribution in [0.4, 0.5) is 10.1 Å². The zero-order valence-corrected chi connectivity index (χ0v) is 12.5. The zero-order valence-electron chi connectivity index (χ0n) is 12.5. The zero-order chi connectivity index (χ0) is 14.7. The molecule has 4 heteroatoms. The molecule has 1 aliphatic heterocycles. The van der Waals surface area contributed by atoms with Crippen molar-refractivity contribution in [3.63, 3.8) is 0 Å². The first-order valence-corrected chi connectivity index (χ1v) is 7.26. The van der Waals surface area contributed by atoms with Crippen LogP contribution in [-0.2, 0) is 4.74 Å². The summed E-state index contributed by atoms with van der Waals surface area (Å²) in [7, 11) is 2.01. The second kappa shape index (κ2) is 6.55. The van der Waals surface area contributed by atoms with Gasteiger partial charge >= 0.3 is 0 Å². The van der Waals surface area contributed by atoms with E-state index in [0.717, 1.165) is 38.3 Å². The number of aryl methyl sites for hydroxylation is 1. The lowest BCUT2D eigenvalue weighted by Crippen LogP contribution is -2.30. The molecule has 0 bridgehead atoms. The van der Waals surface area contributed by atoms with E-state index in [2.05, 4.69) is 4.90 Å². The van der Waals surface area contributed by atoms with Crippen molar-refractivity contribution < 1.29 is 14.2 Å². The van der Waals surface area contributed by atoms with Crippen molar-refractivity contribution in [2.75, 3.05) is 31.7 Å². The van der Waals surface area contributed by atoms with Crippen LogP contribution in [0, 0.1) is 18.7 Å². The highest BCUT2D eigenvalue weighted by Crippen LogP contribution is 2.30. The topological polar surface area (TPSA) is 32.7 Å². The Morgan fingerprint density at radius 3 is 2.65 bits per heavy atom. The largest absolute Gasteiger partial charge is 0.389 e. The average Bonchev–Trinajstić information content (AvgIpc) is 2.42.